The molecule has 90 heavy (non-hydrogen) atoms. The molecule has 6 nitrogen and oxygen atoms in total. The lowest BCUT2D eigenvalue weighted by atomic mass is 10.0. The SMILES string of the molecule is CCCCCCCCCCCCCCCCCCCCCCCCC(O)C(CO)NC(=O)CCCCCCCCCCCCCCCCCCC/C=C\CCCCCCCCCCCCCCOC(=O)CCCCCCCCCCCCCCCCCCCC. The zero-order chi connectivity index (χ0) is 64.9. The monoisotopic (exact) mass is 1270 g/mol. The lowest BCUT2D eigenvalue weighted by Crippen LogP contribution is -2.45. The van der Waals surface area contributed by atoms with Crippen molar-refractivity contribution in [3.8, 4) is 0 Å². The van der Waals surface area contributed by atoms with Gasteiger partial charge < -0.3 is 20.3 Å². The Balaban J connectivity index is 3.33. The summed E-state index contributed by atoms with van der Waals surface area (Å²) in [5, 5.41) is 23.5. The fourth-order valence-corrected chi connectivity index (χ4v) is 13.7. The Morgan fingerprint density at radius 3 is 0.789 bits per heavy atom. The van der Waals surface area contributed by atoms with E-state index in [0.717, 1.165) is 38.5 Å². The van der Waals surface area contributed by atoms with E-state index in [1.807, 2.05) is 0 Å². The summed E-state index contributed by atoms with van der Waals surface area (Å²) in [7, 11) is 0. The van der Waals surface area contributed by atoms with Crippen molar-refractivity contribution in [2.45, 2.75) is 501 Å². The summed E-state index contributed by atoms with van der Waals surface area (Å²) < 4.78 is 5.52. The Bertz CT molecular complexity index is 1370. The molecule has 1 amide bonds. The van der Waals surface area contributed by atoms with Crippen LogP contribution in [0.5, 0.6) is 0 Å². The van der Waals surface area contributed by atoms with Crippen molar-refractivity contribution in [1.82, 2.24) is 5.32 Å². The van der Waals surface area contributed by atoms with Crippen molar-refractivity contribution in [3.05, 3.63) is 12.2 Å². The second-order valence-corrected chi connectivity index (χ2v) is 29.2. The molecule has 2 atom stereocenters. The van der Waals surface area contributed by atoms with Gasteiger partial charge in [-0.15, -0.1) is 0 Å². The number of hydrogen-bond donors (Lipinski definition) is 3. The van der Waals surface area contributed by atoms with Gasteiger partial charge in [-0.3, -0.25) is 9.59 Å². The lowest BCUT2D eigenvalue weighted by Gasteiger charge is -2.22. The van der Waals surface area contributed by atoms with Crippen LogP contribution in [0.15, 0.2) is 12.2 Å². The minimum Gasteiger partial charge on any atom is -0.466 e. The van der Waals surface area contributed by atoms with E-state index in [-0.39, 0.29) is 18.5 Å². The molecule has 0 spiro atoms. The van der Waals surface area contributed by atoms with E-state index in [0.29, 0.717) is 25.9 Å². The molecule has 0 aromatic rings. The Hall–Kier alpha value is -1.40. The summed E-state index contributed by atoms with van der Waals surface area (Å²) in [5.74, 6) is -0.00113. The van der Waals surface area contributed by atoms with E-state index in [1.165, 1.54) is 417 Å². The Labute approximate surface area is 565 Å². The van der Waals surface area contributed by atoms with Gasteiger partial charge in [0.25, 0.3) is 0 Å². The molecule has 536 valence electrons. The van der Waals surface area contributed by atoms with Gasteiger partial charge in [-0.1, -0.05) is 437 Å². The fraction of sp³-hybridized carbons (Fsp3) is 0.952. The first-order chi connectivity index (χ1) is 44.5. The van der Waals surface area contributed by atoms with Gasteiger partial charge >= 0.3 is 5.97 Å². The minimum absolute atomic E-state index is 0.0246. The van der Waals surface area contributed by atoms with Crippen LogP contribution < -0.4 is 5.32 Å². The fourth-order valence-electron chi connectivity index (χ4n) is 13.7. The average molecular weight is 1270 g/mol. The first kappa shape index (κ1) is 88.6. The van der Waals surface area contributed by atoms with Crippen LogP contribution in [-0.2, 0) is 14.3 Å². The first-order valence-corrected chi connectivity index (χ1v) is 41.9. The topological polar surface area (TPSA) is 95.9 Å². The molecule has 0 saturated carbocycles. The molecular formula is C84H165NO5. The molecule has 0 aromatic heterocycles. The standard InChI is InChI=1S/C84H165NO5/c1-3-5-7-9-11-13-15-17-19-21-23-24-38-41-44-48-52-56-60-64-68-72-76-82(87)81(80-86)85-83(88)77-73-69-65-61-57-53-49-45-42-39-36-34-32-30-28-26-25-27-29-31-33-35-37-40-43-47-51-55-59-63-67-71-75-79-90-84(89)78-74-70-66-62-58-54-50-46-22-20-18-16-14-12-10-8-6-4-2/h29,31,81-82,86-87H,3-28,30,32-80H2,1-2H3,(H,85,88)/b31-29-. The highest BCUT2D eigenvalue weighted by molar-refractivity contribution is 5.76. The Kier molecular flexibility index (Phi) is 78.8. The first-order valence-electron chi connectivity index (χ1n) is 41.9. The second kappa shape index (κ2) is 80.0. The molecule has 0 aliphatic heterocycles. The maximum absolute atomic E-state index is 12.6. The number of ether oxygens (including phenoxy) is 1. The molecule has 0 fully saturated rings. The maximum Gasteiger partial charge on any atom is 0.305 e. The van der Waals surface area contributed by atoms with Gasteiger partial charge in [0.15, 0.2) is 0 Å². The van der Waals surface area contributed by atoms with E-state index >= 15 is 0 Å². The molecule has 3 N–H and O–H groups in total. The van der Waals surface area contributed by atoms with Gasteiger partial charge in [0, 0.05) is 12.8 Å². The Morgan fingerprint density at radius 1 is 0.300 bits per heavy atom. The number of carbonyl (C=O) groups is 2. The highest BCUT2D eigenvalue weighted by atomic mass is 16.5. The number of hydrogen-bond acceptors (Lipinski definition) is 5. The van der Waals surface area contributed by atoms with Gasteiger partial charge in [-0.25, -0.2) is 0 Å². The van der Waals surface area contributed by atoms with Gasteiger partial charge in [0.1, 0.15) is 0 Å². The van der Waals surface area contributed by atoms with Gasteiger partial charge in [0.2, 0.25) is 5.91 Å². The van der Waals surface area contributed by atoms with Gasteiger partial charge in [-0.2, -0.15) is 0 Å². The predicted octanol–water partition coefficient (Wildman–Crippen LogP) is 27.8. The van der Waals surface area contributed by atoms with Crippen LogP contribution in [-0.4, -0.2) is 47.4 Å². The normalized spacial score (nSPS) is 12.4. The zero-order valence-electron chi connectivity index (χ0n) is 61.7. The molecule has 0 aliphatic rings. The summed E-state index contributed by atoms with van der Waals surface area (Å²) in [6, 6.07) is -0.540. The largest absolute Gasteiger partial charge is 0.466 e. The highest BCUT2D eigenvalue weighted by Crippen LogP contribution is 2.21. The molecule has 2 unspecified atom stereocenters. The molecular weight excluding hydrogens is 1100 g/mol. The molecule has 6 heteroatoms. The number of rotatable bonds is 80. The molecule has 0 aliphatic carbocycles. The highest BCUT2D eigenvalue weighted by Gasteiger charge is 2.20. The van der Waals surface area contributed by atoms with Crippen LogP contribution in [0.3, 0.4) is 0 Å². The number of aliphatic hydroxyl groups is 2. The van der Waals surface area contributed by atoms with Crippen LogP contribution in [0.25, 0.3) is 0 Å². The third kappa shape index (κ3) is 75.6. The molecule has 0 heterocycles. The van der Waals surface area contributed by atoms with Gasteiger partial charge in [-0.05, 0) is 51.4 Å². The average Bonchev–Trinajstić information content (AvgIpc) is 3.58. The van der Waals surface area contributed by atoms with E-state index in [4.69, 9.17) is 4.74 Å². The van der Waals surface area contributed by atoms with Crippen molar-refractivity contribution in [3.63, 3.8) is 0 Å². The van der Waals surface area contributed by atoms with Crippen LogP contribution in [0, 0.1) is 0 Å². The molecule has 0 radical (unpaired) electrons. The van der Waals surface area contributed by atoms with Crippen LogP contribution in [0.2, 0.25) is 0 Å². The van der Waals surface area contributed by atoms with E-state index < -0.39 is 12.1 Å². The van der Waals surface area contributed by atoms with Crippen molar-refractivity contribution in [2.24, 2.45) is 0 Å². The number of nitrogens with one attached hydrogen (secondary N) is 1. The van der Waals surface area contributed by atoms with Crippen LogP contribution in [0.4, 0.5) is 0 Å². The third-order valence-corrected chi connectivity index (χ3v) is 20.1. The summed E-state index contributed by atoms with van der Waals surface area (Å²) in [4.78, 5) is 24.7. The van der Waals surface area contributed by atoms with Crippen molar-refractivity contribution in [1.29, 1.82) is 0 Å². The number of allylic oxidation sites excluding steroid dienone is 2. The van der Waals surface area contributed by atoms with Crippen molar-refractivity contribution < 1.29 is 24.5 Å². The number of carbonyl (C=O) groups excluding carboxylic acids is 2. The van der Waals surface area contributed by atoms with E-state index in [9.17, 15) is 19.8 Å². The third-order valence-electron chi connectivity index (χ3n) is 20.1. The Morgan fingerprint density at radius 2 is 0.522 bits per heavy atom. The second-order valence-electron chi connectivity index (χ2n) is 29.2. The van der Waals surface area contributed by atoms with Crippen LogP contribution in [0.1, 0.15) is 489 Å². The van der Waals surface area contributed by atoms with Crippen LogP contribution >= 0.6 is 0 Å². The van der Waals surface area contributed by atoms with Gasteiger partial charge in [0.05, 0.1) is 25.4 Å². The molecule has 0 saturated heterocycles. The van der Waals surface area contributed by atoms with Crippen molar-refractivity contribution >= 4 is 11.9 Å². The van der Waals surface area contributed by atoms with Crippen molar-refractivity contribution in [2.75, 3.05) is 13.2 Å². The number of amides is 1. The zero-order valence-corrected chi connectivity index (χ0v) is 61.7. The summed E-state index contributed by atoms with van der Waals surface area (Å²) in [6.07, 6.45) is 102. The van der Waals surface area contributed by atoms with E-state index in [2.05, 4.69) is 31.3 Å². The van der Waals surface area contributed by atoms with E-state index in [1.54, 1.807) is 0 Å². The number of aliphatic hydroxyl groups excluding tert-OH is 2. The lowest BCUT2D eigenvalue weighted by molar-refractivity contribution is -0.143. The summed E-state index contributed by atoms with van der Waals surface area (Å²) in [6.45, 7) is 5.02. The molecule has 0 bridgehead atoms. The summed E-state index contributed by atoms with van der Waals surface area (Å²) >= 11 is 0. The minimum atomic E-state index is -0.663. The summed E-state index contributed by atoms with van der Waals surface area (Å²) in [5.41, 5.74) is 0. The maximum atomic E-state index is 12.6. The predicted molar refractivity (Wildman–Crippen MR) is 398 cm³/mol. The number of unbranched alkanes of at least 4 members (excludes halogenated alkanes) is 67. The smallest absolute Gasteiger partial charge is 0.305 e. The number of esters is 1. The molecule has 0 aromatic carbocycles. The molecule has 0 rings (SSSR count). The quantitative estimate of drug-likeness (QED) is 0.0320.